The third-order valence-electron chi connectivity index (χ3n) is 4.38. The molecule has 0 aliphatic heterocycles. The zero-order chi connectivity index (χ0) is 19.7. The molecule has 2 heterocycles. The minimum Gasteiger partial charge on any atom is -0.496 e. The number of furan rings is 1. The number of nitrogens with zero attached hydrogens (tertiary/aromatic N) is 2. The van der Waals surface area contributed by atoms with Gasteiger partial charge in [0.15, 0.2) is 0 Å². The highest BCUT2D eigenvalue weighted by Gasteiger charge is 2.23. The van der Waals surface area contributed by atoms with E-state index in [2.05, 4.69) is 9.97 Å². The standard InChI is InChI=1S/C22H21N3O3/c1-13(2)27-15-10-8-14(9-11-15)18-19-21(23)24-12-25-22(19)28-20(18)16-6-4-5-7-17(16)26-3/h4-13H,1-3H3,(H2,23,24,25). The Morgan fingerprint density at radius 1 is 1.00 bits per heavy atom. The van der Waals surface area contributed by atoms with Gasteiger partial charge in [-0.15, -0.1) is 0 Å². The van der Waals surface area contributed by atoms with Crippen LogP contribution in [0.2, 0.25) is 0 Å². The van der Waals surface area contributed by atoms with Crippen LogP contribution in [-0.4, -0.2) is 23.2 Å². The molecule has 2 aromatic carbocycles. The number of aromatic nitrogens is 2. The number of methoxy groups -OCH3 is 1. The number of rotatable bonds is 5. The predicted octanol–water partition coefficient (Wildman–Crippen LogP) is 4.93. The number of hydrogen-bond donors (Lipinski definition) is 1. The smallest absolute Gasteiger partial charge is 0.232 e. The first-order chi connectivity index (χ1) is 13.6. The van der Waals surface area contributed by atoms with Crippen molar-refractivity contribution in [2.75, 3.05) is 12.8 Å². The van der Waals surface area contributed by atoms with E-state index in [1.165, 1.54) is 6.33 Å². The Balaban J connectivity index is 1.96. The summed E-state index contributed by atoms with van der Waals surface area (Å²) >= 11 is 0. The van der Waals surface area contributed by atoms with Crippen LogP contribution in [-0.2, 0) is 0 Å². The summed E-state index contributed by atoms with van der Waals surface area (Å²) in [5, 5.41) is 0.681. The Hall–Kier alpha value is -3.54. The van der Waals surface area contributed by atoms with Crippen LogP contribution >= 0.6 is 0 Å². The Morgan fingerprint density at radius 2 is 1.75 bits per heavy atom. The molecule has 0 bridgehead atoms. The number of hydrogen-bond acceptors (Lipinski definition) is 6. The van der Waals surface area contributed by atoms with Crippen molar-refractivity contribution in [2.24, 2.45) is 0 Å². The lowest BCUT2D eigenvalue weighted by molar-refractivity contribution is 0.242. The van der Waals surface area contributed by atoms with E-state index >= 15 is 0 Å². The van der Waals surface area contributed by atoms with Crippen molar-refractivity contribution in [3.63, 3.8) is 0 Å². The second-order valence-corrected chi connectivity index (χ2v) is 6.64. The van der Waals surface area contributed by atoms with Gasteiger partial charge in [0.1, 0.15) is 29.4 Å². The quantitative estimate of drug-likeness (QED) is 0.532. The highest BCUT2D eigenvalue weighted by atomic mass is 16.5. The summed E-state index contributed by atoms with van der Waals surface area (Å²) in [5.41, 5.74) is 9.20. The van der Waals surface area contributed by atoms with Gasteiger partial charge in [-0.05, 0) is 43.7 Å². The molecule has 0 fully saturated rings. The summed E-state index contributed by atoms with van der Waals surface area (Å²) in [5.74, 6) is 2.51. The van der Waals surface area contributed by atoms with Gasteiger partial charge in [-0.1, -0.05) is 24.3 Å². The molecule has 4 aromatic rings. The number of fused-ring (bicyclic) bond motifs is 1. The van der Waals surface area contributed by atoms with E-state index in [0.29, 0.717) is 28.4 Å². The van der Waals surface area contributed by atoms with Crippen molar-refractivity contribution in [2.45, 2.75) is 20.0 Å². The number of anilines is 1. The van der Waals surface area contributed by atoms with Gasteiger partial charge >= 0.3 is 0 Å². The van der Waals surface area contributed by atoms with Crippen molar-refractivity contribution in [1.82, 2.24) is 9.97 Å². The number of nitrogens with two attached hydrogens (primary N) is 1. The van der Waals surface area contributed by atoms with Gasteiger partial charge in [0.25, 0.3) is 0 Å². The molecule has 0 amide bonds. The average Bonchev–Trinajstić information content (AvgIpc) is 3.09. The normalized spacial score (nSPS) is 11.1. The Bertz CT molecular complexity index is 1120. The van der Waals surface area contributed by atoms with Crippen molar-refractivity contribution < 1.29 is 13.9 Å². The SMILES string of the molecule is COc1ccccc1-c1oc2ncnc(N)c2c1-c1ccc(OC(C)C)cc1. The Labute approximate surface area is 162 Å². The molecule has 0 radical (unpaired) electrons. The molecule has 0 saturated carbocycles. The number of nitrogen functional groups attached to an aromatic ring is 1. The molecule has 6 heteroatoms. The van der Waals surface area contributed by atoms with E-state index in [0.717, 1.165) is 22.4 Å². The topological polar surface area (TPSA) is 83.4 Å². The van der Waals surface area contributed by atoms with Gasteiger partial charge < -0.3 is 19.6 Å². The molecule has 0 aliphatic carbocycles. The zero-order valence-corrected chi connectivity index (χ0v) is 16.0. The maximum absolute atomic E-state index is 6.19. The van der Waals surface area contributed by atoms with Crippen molar-refractivity contribution in [1.29, 1.82) is 0 Å². The molecule has 142 valence electrons. The molecule has 28 heavy (non-hydrogen) atoms. The summed E-state index contributed by atoms with van der Waals surface area (Å²) in [6.45, 7) is 3.99. The van der Waals surface area contributed by atoms with Crippen LogP contribution in [0.4, 0.5) is 5.82 Å². The summed E-state index contributed by atoms with van der Waals surface area (Å²) in [7, 11) is 1.63. The molecule has 2 N–H and O–H groups in total. The van der Waals surface area contributed by atoms with Gasteiger partial charge in [0.05, 0.1) is 24.2 Å². The highest BCUT2D eigenvalue weighted by molar-refractivity contribution is 6.05. The predicted molar refractivity (Wildman–Crippen MR) is 109 cm³/mol. The molecule has 4 rings (SSSR count). The monoisotopic (exact) mass is 375 g/mol. The number of para-hydroxylation sites is 1. The van der Waals surface area contributed by atoms with E-state index in [9.17, 15) is 0 Å². The van der Waals surface area contributed by atoms with Crippen LogP contribution in [0.25, 0.3) is 33.6 Å². The third-order valence-corrected chi connectivity index (χ3v) is 4.38. The Morgan fingerprint density at radius 3 is 2.46 bits per heavy atom. The molecular formula is C22H21N3O3. The minimum atomic E-state index is 0.105. The van der Waals surface area contributed by atoms with Gasteiger partial charge in [0.2, 0.25) is 5.71 Å². The highest BCUT2D eigenvalue weighted by Crippen LogP contribution is 2.44. The second kappa shape index (κ2) is 7.23. The van der Waals surface area contributed by atoms with Crippen molar-refractivity contribution >= 4 is 16.9 Å². The third kappa shape index (κ3) is 3.13. The first-order valence-corrected chi connectivity index (χ1v) is 9.02. The fraction of sp³-hybridized carbons (Fsp3) is 0.182. The van der Waals surface area contributed by atoms with Crippen molar-refractivity contribution in [3.8, 4) is 33.9 Å². The van der Waals surface area contributed by atoms with Crippen LogP contribution < -0.4 is 15.2 Å². The molecule has 0 atom stereocenters. The van der Waals surface area contributed by atoms with Crippen LogP contribution in [0.5, 0.6) is 11.5 Å². The minimum absolute atomic E-state index is 0.105. The lowest BCUT2D eigenvalue weighted by Gasteiger charge is -2.11. The Kier molecular flexibility index (Phi) is 4.61. The molecule has 6 nitrogen and oxygen atoms in total. The fourth-order valence-corrected chi connectivity index (χ4v) is 3.23. The summed E-state index contributed by atoms with van der Waals surface area (Å²) in [6.07, 6.45) is 1.50. The summed E-state index contributed by atoms with van der Waals surface area (Å²) in [6, 6.07) is 15.5. The lowest BCUT2D eigenvalue weighted by atomic mass is 9.98. The molecule has 2 aromatic heterocycles. The fourth-order valence-electron chi connectivity index (χ4n) is 3.23. The van der Waals surface area contributed by atoms with E-state index in [-0.39, 0.29) is 6.10 Å². The zero-order valence-electron chi connectivity index (χ0n) is 16.0. The summed E-state index contributed by atoms with van der Waals surface area (Å²) < 4.78 is 17.4. The van der Waals surface area contributed by atoms with Crippen molar-refractivity contribution in [3.05, 3.63) is 54.9 Å². The van der Waals surface area contributed by atoms with E-state index < -0.39 is 0 Å². The number of ether oxygens (including phenoxy) is 2. The first kappa shape index (κ1) is 17.9. The second-order valence-electron chi connectivity index (χ2n) is 6.64. The van der Waals surface area contributed by atoms with Gasteiger partial charge in [0, 0.05) is 5.56 Å². The van der Waals surface area contributed by atoms with Crippen LogP contribution in [0, 0.1) is 0 Å². The van der Waals surface area contributed by atoms with Crippen LogP contribution in [0.1, 0.15) is 13.8 Å². The van der Waals surface area contributed by atoms with Gasteiger partial charge in [-0.2, -0.15) is 0 Å². The molecule has 0 aliphatic rings. The number of benzene rings is 2. The maximum atomic E-state index is 6.19. The molecule has 0 saturated heterocycles. The largest absolute Gasteiger partial charge is 0.496 e. The first-order valence-electron chi connectivity index (χ1n) is 9.02. The van der Waals surface area contributed by atoms with Gasteiger partial charge in [-0.3, -0.25) is 0 Å². The van der Waals surface area contributed by atoms with Gasteiger partial charge in [-0.25, -0.2) is 9.97 Å². The van der Waals surface area contributed by atoms with E-state index in [1.54, 1.807) is 7.11 Å². The molecule has 0 unspecified atom stereocenters. The maximum Gasteiger partial charge on any atom is 0.232 e. The lowest BCUT2D eigenvalue weighted by Crippen LogP contribution is -2.05. The van der Waals surface area contributed by atoms with E-state index in [1.807, 2.05) is 62.4 Å². The van der Waals surface area contributed by atoms with Crippen LogP contribution in [0.3, 0.4) is 0 Å². The average molecular weight is 375 g/mol. The summed E-state index contributed by atoms with van der Waals surface area (Å²) in [4.78, 5) is 8.41. The molecular weight excluding hydrogens is 354 g/mol. The van der Waals surface area contributed by atoms with Crippen LogP contribution in [0.15, 0.2) is 59.3 Å². The van der Waals surface area contributed by atoms with E-state index in [4.69, 9.17) is 19.6 Å². The molecule has 0 spiro atoms.